The van der Waals surface area contributed by atoms with E-state index in [9.17, 15) is 0 Å². The van der Waals surface area contributed by atoms with Gasteiger partial charge in [0.15, 0.2) is 0 Å². The Balaban J connectivity index is 2.62. The third-order valence-corrected chi connectivity index (χ3v) is 3.12. The maximum Gasteiger partial charge on any atom is 0.0283 e. The van der Waals surface area contributed by atoms with E-state index in [-0.39, 0.29) is 0 Å². The Morgan fingerprint density at radius 3 is 2.23 bits per heavy atom. The molecule has 0 aromatic rings. The monoisotopic (exact) mass is 184 g/mol. The summed E-state index contributed by atoms with van der Waals surface area (Å²) in [5.74, 6) is 0. The van der Waals surface area contributed by atoms with Gasteiger partial charge in [0.05, 0.1) is 0 Å². The molecule has 1 aliphatic heterocycles. The molecule has 1 aliphatic rings. The van der Waals surface area contributed by atoms with Gasteiger partial charge < -0.3 is 4.90 Å². The van der Waals surface area contributed by atoms with Crippen LogP contribution in [0.1, 0.15) is 34.6 Å². The smallest absolute Gasteiger partial charge is 0.0283 e. The van der Waals surface area contributed by atoms with Gasteiger partial charge in [0.25, 0.3) is 0 Å². The van der Waals surface area contributed by atoms with Crippen molar-refractivity contribution in [2.24, 2.45) is 0 Å². The Bertz CT molecular complexity index is 163. The van der Waals surface area contributed by atoms with E-state index >= 15 is 0 Å². The molecule has 1 fully saturated rings. The van der Waals surface area contributed by atoms with Crippen molar-refractivity contribution < 1.29 is 0 Å². The van der Waals surface area contributed by atoms with Gasteiger partial charge >= 0.3 is 0 Å². The summed E-state index contributed by atoms with van der Waals surface area (Å²) in [7, 11) is 0. The largest absolute Gasteiger partial charge is 0.301 e. The van der Waals surface area contributed by atoms with Crippen molar-refractivity contribution in [3.05, 3.63) is 0 Å². The molecule has 1 saturated heterocycles. The Labute approximate surface area is 82.9 Å². The Hall–Kier alpha value is -0.0800. The fraction of sp³-hybridized carbons (Fsp3) is 1.00. The van der Waals surface area contributed by atoms with Gasteiger partial charge in [0.1, 0.15) is 0 Å². The summed E-state index contributed by atoms with van der Waals surface area (Å²) in [6.07, 6.45) is 0. The summed E-state index contributed by atoms with van der Waals surface area (Å²) < 4.78 is 0. The van der Waals surface area contributed by atoms with Crippen LogP contribution in [0.3, 0.4) is 0 Å². The fourth-order valence-electron chi connectivity index (χ4n) is 2.50. The van der Waals surface area contributed by atoms with Crippen LogP contribution >= 0.6 is 0 Å². The lowest BCUT2D eigenvalue weighted by atomic mass is 9.97. The van der Waals surface area contributed by atoms with Gasteiger partial charge in [-0.1, -0.05) is 6.92 Å². The van der Waals surface area contributed by atoms with Gasteiger partial charge in [0, 0.05) is 31.2 Å². The standard InChI is InChI=1S/C11H24N2/c1-6-12-7-8-13(10(2)3)11(4,5)9-12/h10H,6-9H2,1-5H3. The summed E-state index contributed by atoms with van der Waals surface area (Å²) >= 11 is 0. The van der Waals surface area contributed by atoms with Crippen molar-refractivity contribution in [1.29, 1.82) is 0 Å². The molecule has 0 saturated carbocycles. The number of rotatable bonds is 2. The van der Waals surface area contributed by atoms with Crippen LogP contribution in [0.2, 0.25) is 0 Å². The predicted octanol–water partition coefficient (Wildman–Crippen LogP) is 1.81. The van der Waals surface area contributed by atoms with Crippen LogP contribution in [0.4, 0.5) is 0 Å². The molecule has 0 atom stereocenters. The molecule has 2 heteroatoms. The van der Waals surface area contributed by atoms with Crippen LogP contribution in [-0.4, -0.2) is 47.6 Å². The first-order chi connectivity index (χ1) is 5.97. The quantitative estimate of drug-likeness (QED) is 0.646. The van der Waals surface area contributed by atoms with Gasteiger partial charge in [-0.15, -0.1) is 0 Å². The normalized spacial score (nSPS) is 25.4. The molecule has 0 aromatic heterocycles. The second-order valence-electron chi connectivity index (χ2n) is 4.97. The van der Waals surface area contributed by atoms with Gasteiger partial charge in [-0.3, -0.25) is 4.90 Å². The van der Waals surface area contributed by atoms with Crippen molar-refractivity contribution >= 4 is 0 Å². The van der Waals surface area contributed by atoms with E-state index in [1.807, 2.05) is 0 Å². The number of hydrogen-bond acceptors (Lipinski definition) is 2. The van der Waals surface area contributed by atoms with E-state index in [0.717, 1.165) is 0 Å². The van der Waals surface area contributed by atoms with Gasteiger partial charge in [-0.25, -0.2) is 0 Å². The summed E-state index contributed by atoms with van der Waals surface area (Å²) in [6.45, 7) is 16.4. The van der Waals surface area contributed by atoms with Gasteiger partial charge in [0.2, 0.25) is 0 Å². The van der Waals surface area contributed by atoms with Crippen LogP contribution in [0.15, 0.2) is 0 Å². The molecule has 0 bridgehead atoms. The molecule has 1 heterocycles. The molecule has 2 nitrogen and oxygen atoms in total. The fourth-order valence-corrected chi connectivity index (χ4v) is 2.50. The van der Waals surface area contributed by atoms with Crippen LogP contribution in [0, 0.1) is 0 Å². The maximum absolute atomic E-state index is 2.61. The average molecular weight is 184 g/mol. The zero-order valence-electron chi connectivity index (χ0n) is 9.80. The lowest BCUT2D eigenvalue weighted by molar-refractivity contribution is 0.000677. The topological polar surface area (TPSA) is 6.48 Å². The Morgan fingerprint density at radius 2 is 1.85 bits per heavy atom. The third-order valence-electron chi connectivity index (χ3n) is 3.12. The SMILES string of the molecule is CCN1CCN(C(C)C)C(C)(C)C1. The predicted molar refractivity (Wildman–Crippen MR) is 58.0 cm³/mol. The second kappa shape index (κ2) is 3.97. The van der Waals surface area contributed by atoms with E-state index in [0.29, 0.717) is 11.6 Å². The summed E-state index contributed by atoms with van der Waals surface area (Å²) in [5.41, 5.74) is 0.350. The minimum absolute atomic E-state index is 0.350. The average Bonchev–Trinajstić information content (AvgIpc) is 2.01. The number of hydrogen-bond donors (Lipinski definition) is 0. The zero-order valence-corrected chi connectivity index (χ0v) is 9.80. The highest BCUT2D eigenvalue weighted by Gasteiger charge is 2.34. The van der Waals surface area contributed by atoms with Crippen LogP contribution in [-0.2, 0) is 0 Å². The van der Waals surface area contributed by atoms with Crippen molar-refractivity contribution in [3.63, 3.8) is 0 Å². The molecule has 0 N–H and O–H groups in total. The van der Waals surface area contributed by atoms with Crippen molar-refractivity contribution in [3.8, 4) is 0 Å². The van der Waals surface area contributed by atoms with E-state index in [4.69, 9.17) is 0 Å². The van der Waals surface area contributed by atoms with E-state index in [1.165, 1.54) is 26.2 Å². The molecular weight excluding hydrogens is 160 g/mol. The Morgan fingerprint density at radius 1 is 1.23 bits per heavy atom. The highest BCUT2D eigenvalue weighted by Crippen LogP contribution is 2.22. The zero-order chi connectivity index (χ0) is 10.1. The van der Waals surface area contributed by atoms with Crippen molar-refractivity contribution in [2.75, 3.05) is 26.2 Å². The number of likely N-dealkylation sites (N-methyl/N-ethyl adjacent to an activating group) is 1. The van der Waals surface area contributed by atoms with Gasteiger partial charge in [-0.2, -0.15) is 0 Å². The van der Waals surface area contributed by atoms with E-state index < -0.39 is 0 Å². The van der Waals surface area contributed by atoms with Gasteiger partial charge in [-0.05, 0) is 34.2 Å². The molecule has 0 amide bonds. The van der Waals surface area contributed by atoms with Crippen LogP contribution in [0.25, 0.3) is 0 Å². The first-order valence-electron chi connectivity index (χ1n) is 5.46. The summed E-state index contributed by atoms with van der Waals surface area (Å²) in [4.78, 5) is 5.15. The minimum Gasteiger partial charge on any atom is -0.301 e. The lowest BCUT2D eigenvalue weighted by Crippen LogP contribution is -2.61. The first kappa shape index (κ1) is 11.0. The van der Waals surface area contributed by atoms with Crippen molar-refractivity contribution in [1.82, 2.24) is 9.80 Å². The van der Waals surface area contributed by atoms with Crippen LogP contribution < -0.4 is 0 Å². The highest BCUT2D eigenvalue weighted by molar-refractivity contribution is 4.91. The third kappa shape index (κ3) is 2.44. The van der Waals surface area contributed by atoms with E-state index in [1.54, 1.807) is 0 Å². The molecule has 0 spiro atoms. The minimum atomic E-state index is 0.350. The molecule has 0 unspecified atom stereocenters. The molecule has 0 radical (unpaired) electrons. The van der Waals surface area contributed by atoms with Crippen LogP contribution in [0.5, 0.6) is 0 Å². The second-order valence-corrected chi connectivity index (χ2v) is 4.97. The number of piperazine rings is 1. The molecule has 0 aromatic carbocycles. The molecule has 78 valence electrons. The van der Waals surface area contributed by atoms with E-state index in [2.05, 4.69) is 44.4 Å². The molecular formula is C11H24N2. The first-order valence-corrected chi connectivity index (χ1v) is 5.46. The summed E-state index contributed by atoms with van der Waals surface area (Å²) in [6, 6.07) is 0.675. The lowest BCUT2D eigenvalue weighted by Gasteiger charge is -2.49. The Kier molecular flexibility index (Phi) is 3.36. The summed E-state index contributed by atoms with van der Waals surface area (Å²) in [5, 5.41) is 0. The molecule has 0 aliphatic carbocycles. The number of nitrogens with zero attached hydrogens (tertiary/aromatic N) is 2. The molecule has 13 heavy (non-hydrogen) atoms. The molecule has 1 rings (SSSR count). The maximum atomic E-state index is 2.61. The highest BCUT2D eigenvalue weighted by atomic mass is 15.3. The van der Waals surface area contributed by atoms with Crippen molar-refractivity contribution in [2.45, 2.75) is 46.2 Å².